The van der Waals surface area contributed by atoms with Gasteiger partial charge in [-0.2, -0.15) is 0 Å². The predicted octanol–water partition coefficient (Wildman–Crippen LogP) is 4.78. The molecule has 0 bridgehead atoms. The van der Waals surface area contributed by atoms with Gasteiger partial charge in [-0.05, 0) is 39.0 Å². The fourth-order valence-corrected chi connectivity index (χ4v) is 3.87. The second kappa shape index (κ2) is 6.58. The van der Waals surface area contributed by atoms with Gasteiger partial charge in [-0.1, -0.05) is 45.1 Å². The summed E-state index contributed by atoms with van der Waals surface area (Å²) in [6.07, 6.45) is 14.1. The lowest BCUT2D eigenvalue weighted by Gasteiger charge is -2.38. The van der Waals surface area contributed by atoms with E-state index in [-0.39, 0.29) is 17.5 Å². The Hall–Kier alpha value is -0.790. The Balaban J connectivity index is 2.13. The predicted molar refractivity (Wildman–Crippen MR) is 77.9 cm³/mol. The van der Waals surface area contributed by atoms with Crippen molar-refractivity contribution in [2.24, 2.45) is 5.41 Å². The summed E-state index contributed by atoms with van der Waals surface area (Å²) >= 11 is 0. The summed E-state index contributed by atoms with van der Waals surface area (Å²) in [6, 6.07) is 0. The summed E-state index contributed by atoms with van der Waals surface area (Å²) in [5, 5.41) is 0. The lowest BCUT2D eigenvalue weighted by Crippen LogP contribution is -2.37. The third kappa shape index (κ3) is 3.61. The fourth-order valence-electron chi connectivity index (χ4n) is 3.87. The van der Waals surface area contributed by atoms with Crippen LogP contribution in [0, 0.1) is 5.41 Å². The van der Waals surface area contributed by atoms with Crippen LogP contribution in [0.5, 0.6) is 0 Å². The molecule has 108 valence electrons. The monoisotopic (exact) mass is 264 g/mol. The first-order valence-corrected chi connectivity index (χ1v) is 8.01. The highest BCUT2D eigenvalue weighted by Gasteiger charge is 2.41. The van der Waals surface area contributed by atoms with Crippen LogP contribution in [0.4, 0.5) is 0 Å². The molecule has 19 heavy (non-hydrogen) atoms. The van der Waals surface area contributed by atoms with Crippen molar-refractivity contribution in [1.29, 1.82) is 0 Å². The fraction of sp³-hybridized carbons (Fsp3) is 0.824. The van der Waals surface area contributed by atoms with Gasteiger partial charge in [-0.3, -0.25) is 0 Å². The van der Waals surface area contributed by atoms with Crippen molar-refractivity contribution >= 4 is 5.97 Å². The Morgan fingerprint density at radius 2 is 1.53 bits per heavy atom. The molecule has 0 N–H and O–H groups in total. The molecular formula is C17H28O2. The second-order valence-corrected chi connectivity index (χ2v) is 6.55. The highest BCUT2D eigenvalue weighted by Crippen LogP contribution is 2.47. The Labute approximate surface area is 117 Å². The van der Waals surface area contributed by atoms with E-state index in [0.29, 0.717) is 5.57 Å². The SMILES string of the molecule is C=C(C)C(=O)OC1CCCCCC12CCCCCC2. The van der Waals surface area contributed by atoms with Gasteiger partial charge in [0.1, 0.15) is 6.10 Å². The molecule has 1 atom stereocenters. The molecule has 2 heteroatoms. The van der Waals surface area contributed by atoms with E-state index in [1.807, 2.05) is 0 Å². The number of carbonyl (C=O) groups excluding carboxylic acids is 1. The minimum Gasteiger partial charge on any atom is -0.458 e. The average Bonchev–Trinajstić information content (AvgIpc) is 2.72. The van der Waals surface area contributed by atoms with Gasteiger partial charge >= 0.3 is 5.97 Å². The molecule has 0 aliphatic heterocycles. The maximum atomic E-state index is 11.9. The summed E-state index contributed by atoms with van der Waals surface area (Å²) in [4.78, 5) is 11.9. The molecule has 2 fully saturated rings. The van der Waals surface area contributed by atoms with Gasteiger partial charge in [0.2, 0.25) is 0 Å². The van der Waals surface area contributed by atoms with Gasteiger partial charge in [-0.15, -0.1) is 0 Å². The van der Waals surface area contributed by atoms with E-state index in [9.17, 15) is 4.79 Å². The first-order valence-electron chi connectivity index (χ1n) is 8.01. The molecule has 0 heterocycles. The van der Waals surface area contributed by atoms with E-state index in [1.54, 1.807) is 6.92 Å². The van der Waals surface area contributed by atoms with Crippen LogP contribution in [0.3, 0.4) is 0 Å². The molecule has 1 spiro atoms. The molecule has 2 aliphatic rings. The second-order valence-electron chi connectivity index (χ2n) is 6.55. The van der Waals surface area contributed by atoms with Crippen molar-refractivity contribution in [3.63, 3.8) is 0 Å². The van der Waals surface area contributed by atoms with Crippen molar-refractivity contribution in [3.05, 3.63) is 12.2 Å². The topological polar surface area (TPSA) is 26.3 Å². The van der Waals surface area contributed by atoms with E-state index in [2.05, 4.69) is 6.58 Å². The third-order valence-corrected chi connectivity index (χ3v) is 5.02. The number of carbonyl (C=O) groups is 1. The molecule has 0 radical (unpaired) electrons. The molecule has 0 saturated heterocycles. The largest absolute Gasteiger partial charge is 0.458 e. The quantitative estimate of drug-likeness (QED) is 0.530. The van der Waals surface area contributed by atoms with Crippen molar-refractivity contribution in [1.82, 2.24) is 0 Å². The van der Waals surface area contributed by atoms with Crippen molar-refractivity contribution in [2.75, 3.05) is 0 Å². The first kappa shape index (κ1) is 14.6. The van der Waals surface area contributed by atoms with E-state index >= 15 is 0 Å². The van der Waals surface area contributed by atoms with E-state index in [4.69, 9.17) is 4.74 Å². The van der Waals surface area contributed by atoms with E-state index in [1.165, 1.54) is 64.2 Å². The molecule has 2 aliphatic carbocycles. The van der Waals surface area contributed by atoms with Gasteiger partial charge in [0.15, 0.2) is 0 Å². The molecule has 1 unspecified atom stereocenters. The van der Waals surface area contributed by atoms with Gasteiger partial charge in [-0.25, -0.2) is 4.79 Å². The molecule has 2 saturated carbocycles. The summed E-state index contributed by atoms with van der Waals surface area (Å²) < 4.78 is 5.84. The Morgan fingerprint density at radius 1 is 1.00 bits per heavy atom. The van der Waals surface area contributed by atoms with Crippen LogP contribution in [0.1, 0.15) is 77.6 Å². The Morgan fingerprint density at radius 3 is 2.05 bits per heavy atom. The van der Waals surface area contributed by atoms with Crippen LogP contribution in [0.25, 0.3) is 0 Å². The van der Waals surface area contributed by atoms with Gasteiger partial charge in [0.25, 0.3) is 0 Å². The standard InChI is InChI=1S/C17H28O2/c1-14(2)16(18)19-15-10-6-5-9-13-17(15)11-7-3-4-8-12-17/h15H,1,3-13H2,2H3. The van der Waals surface area contributed by atoms with E-state index in [0.717, 1.165) is 6.42 Å². The Kier molecular flexibility index (Phi) is 5.06. The molecule has 0 amide bonds. The number of hydrogen-bond donors (Lipinski definition) is 0. The summed E-state index contributed by atoms with van der Waals surface area (Å²) in [5.41, 5.74) is 0.811. The summed E-state index contributed by atoms with van der Waals surface area (Å²) in [7, 11) is 0. The zero-order valence-electron chi connectivity index (χ0n) is 12.4. The van der Waals surface area contributed by atoms with Gasteiger partial charge in [0, 0.05) is 11.0 Å². The highest BCUT2D eigenvalue weighted by atomic mass is 16.5. The van der Waals surface area contributed by atoms with Crippen LogP contribution in [0.15, 0.2) is 12.2 Å². The van der Waals surface area contributed by atoms with Crippen molar-refractivity contribution < 1.29 is 9.53 Å². The lowest BCUT2D eigenvalue weighted by molar-refractivity contribution is -0.153. The zero-order valence-corrected chi connectivity index (χ0v) is 12.4. The molecular weight excluding hydrogens is 236 g/mol. The zero-order chi connectivity index (χ0) is 13.7. The molecule has 2 rings (SSSR count). The summed E-state index contributed by atoms with van der Waals surface area (Å²) in [5.74, 6) is -0.185. The minimum absolute atomic E-state index is 0.136. The van der Waals surface area contributed by atoms with Gasteiger partial charge < -0.3 is 4.74 Å². The maximum absolute atomic E-state index is 11.9. The van der Waals surface area contributed by atoms with Crippen LogP contribution < -0.4 is 0 Å². The number of hydrogen-bond acceptors (Lipinski definition) is 2. The minimum atomic E-state index is -0.185. The van der Waals surface area contributed by atoms with Crippen molar-refractivity contribution in [2.45, 2.75) is 83.7 Å². The van der Waals surface area contributed by atoms with Crippen LogP contribution >= 0.6 is 0 Å². The first-order chi connectivity index (χ1) is 9.14. The summed E-state index contributed by atoms with van der Waals surface area (Å²) in [6.45, 7) is 5.47. The number of esters is 1. The Bertz CT molecular complexity index is 316. The lowest BCUT2D eigenvalue weighted by atomic mass is 9.72. The molecule has 0 aromatic rings. The molecule has 0 aromatic heterocycles. The molecule has 2 nitrogen and oxygen atoms in total. The maximum Gasteiger partial charge on any atom is 0.333 e. The molecule has 0 aromatic carbocycles. The highest BCUT2D eigenvalue weighted by molar-refractivity contribution is 5.87. The number of rotatable bonds is 2. The normalized spacial score (nSPS) is 27.3. The van der Waals surface area contributed by atoms with Crippen LogP contribution in [-0.2, 0) is 9.53 Å². The van der Waals surface area contributed by atoms with Crippen molar-refractivity contribution in [3.8, 4) is 0 Å². The third-order valence-electron chi connectivity index (χ3n) is 5.02. The number of ether oxygens (including phenoxy) is 1. The van der Waals surface area contributed by atoms with E-state index < -0.39 is 0 Å². The smallest absolute Gasteiger partial charge is 0.333 e. The van der Waals surface area contributed by atoms with Gasteiger partial charge in [0.05, 0.1) is 0 Å². The average molecular weight is 264 g/mol. The van der Waals surface area contributed by atoms with Crippen LogP contribution in [0.2, 0.25) is 0 Å². The van der Waals surface area contributed by atoms with Crippen LogP contribution in [-0.4, -0.2) is 12.1 Å².